The lowest BCUT2D eigenvalue weighted by Gasteiger charge is -2.13. The van der Waals surface area contributed by atoms with Crippen LogP contribution in [0.1, 0.15) is 23.3 Å². The molecule has 3 N–H and O–H groups in total. The normalized spacial score (nSPS) is 18.1. The zero-order valence-corrected chi connectivity index (χ0v) is 11.4. The fraction of sp³-hybridized carbons (Fsp3) is 0.600. The van der Waals surface area contributed by atoms with Crippen molar-refractivity contribution in [2.45, 2.75) is 18.9 Å². The van der Waals surface area contributed by atoms with E-state index in [2.05, 4.69) is 26.5 Å². The van der Waals surface area contributed by atoms with Gasteiger partial charge in [-0.25, -0.2) is 0 Å². The predicted molar refractivity (Wildman–Crippen MR) is 71.2 cm³/mol. The maximum atomic E-state index is 11.6. The van der Waals surface area contributed by atoms with Gasteiger partial charge in [0.15, 0.2) is 10.8 Å². The van der Waals surface area contributed by atoms with Crippen LogP contribution in [-0.2, 0) is 11.8 Å². The maximum Gasteiger partial charge on any atom is 0.291 e. The summed E-state index contributed by atoms with van der Waals surface area (Å²) in [5.74, 6) is -0.394. The van der Waals surface area contributed by atoms with Gasteiger partial charge in [-0.15, -0.1) is 5.10 Å². The van der Waals surface area contributed by atoms with Crippen LogP contribution < -0.4 is 16.2 Å². The third kappa shape index (κ3) is 4.14. The number of aromatic nitrogens is 3. The summed E-state index contributed by atoms with van der Waals surface area (Å²) in [6, 6.07) is 0. The second-order valence-corrected chi connectivity index (χ2v) is 4.61. The van der Waals surface area contributed by atoms with Gasteiger partial charge in [-0.2, -0.15) is 0 Å². The van der Waals surface area contributed by atoms with Crippen LogP contribution in [0.3, 0.4) is 0 Å². The minimum atomic E-state index is -0.394. The molecular formula is C10H16N6O2S. The van der Waals surface area contributed by atoms with Gasteiger partial charge in [0, 0.05) is 20.2 Å². The topological polar surface area (TPSA) is 93.1 Å². The van der Waals surface area contributed by atoms with E-state index in [1.807, 2.05) is 0 Å². The van der Waals surface area contributed by atoms with E-state index < -0.39 is 5.91 Å². The van der Waals surface area contributed by atoms with Gasteiger partial charge in [0.2, 0.25) is 0 Å². The van der Waals surface area contributed by atoms with Gasteiger partial charge in [0.1, 0.15) is 0 Å². The molecular weight excluding hydrogens is 268 g/mol. The predicted octanol–water partition coefficient (Wildman–Crippen LogP) is -0.897. The lowest BCUT2D eigenvalue weighted by atomic mass is 10.2. The molecule has 0 bridgehead atoms. The number of thiocarbonyl (C=S) groups is 1. The average Bonchev–Trinajstić information content (AvgIpc) is 3.04. The van der Waals surface area contributed by atoms with Crippen molar-refractivity contribution in [2.24, 2.45) is 7.05 Å². The molecule has 1 unspecified atom stereocenters. The quantitative estimate of drug-likeness (QED) is 0.489. The van der Waals surface area contributed by atoms with Crippen LogP contribution in [0.25, 0.3) is 0 Å². The van der Waals surface area contributed by atoms with E-state index >= 15 is 0 Å². The van der Waals surface area contributed by atoms with Crippen molar-refractivity contribution in [2.75, 3.05) is 13.2 Å². The Labute approximate surface area is 115 Å². The van der Waals surface area contributed by atoms with E-state index in [-0.39, 0.29) is 11.8 Å². The van der Waals surface area contributed by atoms with Gasteiger partial charge in [-0.05, 0) is 25.1 Å². The highest BCUT2D eigenvalue weighted by molar-refractivity contribution is 7.80. The number of carbonyl (C=O) groups is 1. The van der Waals surface area contributed by atoms with Crippen LogP contribution in [-0.4, -0.2) is 45.3 Å². The molecule has 0 aliphatic carbocycles. The molecule has 0 spiro atoms. The summed E-state index contributed by atoms with van der Waals surface area (Å²) in [5.41, 5.74) is 5.26. The molecule has 8 nitrogen and oxygen atoms in total. The van der Waals surface area contributed by atoms with E-state index in [1.54, 1.807) is 7.05 Å². The first kappa shape index (κ1) is 13.7. The summed E-state index contributed by atoms with van der Waals surface area (Å²) in [4.78, 5) is 11.6. The molecule has 0 radical (unpaired) electrons. The number of rotatable bonds is 3. The number of nitrogens with one attached hydrogen (secondary N) is 3. The molecule has 0 aromatic carbocycles. The van der Waals surface area contributed by atoms with Crippen molar-refractivity contribution in [3.63, 3.8) is 0 Å². The van der Waals surface area contributed by atoms with Gasteiger partial charge in [-0.3, -0.25) is 20.3 Å². The summed E-state index contributed by atoms with van der Waals surface area (Å²) in [5, 5.41) is 10.7. The molecule has 104 valence electrons. The minimum absolute atomic E-state index is 0.190. The van der Waals surface area contributed by atoms with Crippen LogP contribution in [0.15, 0.2) is 6.20 Å². The highest BCUT2D eigenvalue weighted by atomic mass is 32.1. The molecule has 1 aromatic rings. The third-order valence-electron chi connectivity index (χ3n) is 2.64. The first-order chi connectivity index (χ1) is 9.15. The standard InChI is InChI=1S/C10H16N6O2S/c1-16-6-8(12-15-16)9(17)13-14-10(19)11-5-7-3-2-4-18-7/h6-7H,2-5H2,1H3,(H,13,17)(H2,11,14,19). The van der Waals surface area contributed by atoms with Crippen LogP contribution in [0.4, 0.5) is 0 Å². The number of nitrogens with zero attached hydrogens (tertiary/aromatic N) is 3. The Morgan fingerprint density at radius 1 is 1.63 bits per heavy atom. The number of amides is 1. The second kappa shape index (κ2) is 6.43. The zero-order chi connectivity index (χ0) is 13.7. The molecule has 1 aromatic heterocycles. The Kier molecular flexibility index (Phi) is 4.63. The van der Waals surface area contributed by atoms with Gasteiger partial charge in [0.05, 0.1) is 12.3 Å². The number of carbonyl (C=O) groups excluding carboxylic acids is 1. The van der Waals surface area contributed by atoms with E-state index in [4.69, 9.17) is 17.0 Å². The van der Waals surface area contributed by atoms with E-state index in [0.29, 0.717) is 11.7 Å². The molecule has 0 saturated carbocycles. The Morgan fingerprint density at radius 3 is 3.11 bits per heavy atom. The number of aryl methyl sites for hydroxylation is 1. The van der Waals surface area contributed by atoms with Gasteiger partial charge < -0.3 is 10.1 Å². The number of hydrazine groups is 1. The number of hydrogen-bond acceptors (Lipinski definition) is 5. The van der Waals surface area contributed by atoms with E-state index in [0.717, 1.165) is 19.4 Å². The summed E-state index contributed by atoms with van der Waals surface area (Å²) in [7, 11) is 1.69. The summed E-state index contributed by atoms with van der Waals surface area (Å²) >= 11 is 5.03. The van der Waals surface area contributed by atoms with Gasteiger partial charge in [-0.1, -0.05) is 5.21 Å². The van der Waals surface area contributed by atoms with Crippen LogP contribution in [0.2, 0.25) is 0 Å². The lowest BCUT2D eigenvalue weighted by Crippen LogP contribution is -2.48. The minimum Gasteiger partial charge on any atom is -0.376 e. The van der Waals surface area contributed by atoms with Crippen molar-refractivity contribution in [1.82, 2.24) is 31.2 Å². The fourth-order valence-electron chi connectivity index (χ4n) is 1.68. The van der Waals surface area contributed by atoms with Gasteiger partial charge in [0.25, 0.3) is 5.91 Å². The largest absolute Gasteiger partial charge is 0.376 e. The molecule has 9 heteroatoms. The van der Waals surface area contributed by atoms with E-state index in [9.17, 15) is 4.79 Å². The van der Waals surface area contributed by atoms with Crippen molar-refractivity contribution < 1.29 is 9.53 Å². The van der Waals surface area contributed by atoms with Crippen LogP contribution in [0.5, 0.6) is 0 Å². The Morgan fingerprint density at radius 2 is 2.47 bits per heavy atom. The smallest absolute Gasteiger partial charge is 0.291 e. The summed E-state index contributed by atoms with van der Waals surface area (Å²) < 4.78 is 6.89. The SMILES string of the molecule is Cn1cc(C(=O)NNC(=S)NCC2CCCO2)nn1. The van der Waals surface area contributed by atoms with Crippen molar-refractivity contribution in [3.05, 3.63) is 11.9 Å². The first-order valence-corrected chi connectivity index (χ1v) is 6.38. The molecule has 1 saturated heterocycles. The highest BCUT2D eigenvalue weighted by Gasteiger charge is 2.15. The van der Waals surface area contributed by atoms with Crippen molar-refractivity contribution >= 4 is 23.2 Å². The molecule has 1 amide bonds. The third-order valence-corrected chi connectivity index (χ3v) is 2.89. The molecule has 2 rings (SSSR count). The first-order valence-electron chi connectivity index (χ1n) is 5.97. The van der Waals surface area contributed by atoms with Crippen LogP contribution >= 0.6 is 12.2 Å². The summed E-state index contributed by atoms with van der Waals surface area (Å²) in [6.07, 6.45) is 3.81. The maximum absolute atomic E-state index is 11.6. The lowest BCUT2D eigenvalue weighted by molar-refractivity contribution is 0.0938. The number of ether oxygens (including phenoxy) is 1. The molecule has 2 heterocycles. The Hall–Kier alpha value is -1.74. The fourth-order valence-corrected chi connectivity index (χ4v) is 1.82. The van der Waals surface area contributed by atoms with Crippen molar-refractivity contribution in [3.8, 4) is 0 Å². The average molecular weight is 284 g/mol. The molecule has 19 heavy (non-hydrogen) atoms. The summed E-state index contributed by atoms with van der Waals surface area (Å²) in [6.45, 7) is 1.43. The van der Waals surface area contributed by atoms with E-state index in [1.165, 1.54) is 10.9 Å². The zero-order valence-electron chi connectivity index (χ0n) is 10.5. The molecule has 1 aliphatic heterocycles. The Balaban J connectivity index is 1.66. The molecule has 1 aliphatic rings. The monoisotopic (exact) mass is 284 g/mol. The highest BCUT2D eigenvalue weighted by Crippen LogP contribution is 2.10. The second-order valence-electron chi connectivity index (χ2n) is 4.20. The van der Waals surface area contributed by atoms with Crippen molar-refractivity contribution in [1.29, 1.82) is 0 Å². The molecule has 1 fully saturated rings. The van der Waals surface area contributed by atoms with Crippen LogP contribution in [0, 0.1) is 0 Å². The van der Waals surface area contributed by atoms with Gasteiger partial charge >= 0.3 is 0 Å². The Bertz CT molecular complexity index is 457. The number of hydrogen-bond donors (Lipinski definition) is 3. The molecule has 1 atom stereocenters.